The first-order valence-electron chi connectivity index (χ1n) is 4.44. The topological polar surface area (TPSA) is 61.9 Å². The molecule has 0 aromatic carbocycles. The first-order valence-corrected chi connectivity index (χ1v) is 4.44. The van der Waals surface area contributed by atoms with Crippen LogP contribution in [0, 0.1) is 0 Å². The number of nitrogens with one attached hydrogen (secondary N) is 1. The van der Waals surface area contributed by atoms with E-state index in [0.29, 0.717) is 13.1 Å². The third-order valence-corrected chi connectivity index (χ3v) is 2.60. The fourth-order valence-electron chi connectivity index (χ4n) is 1.74. The third kappa shape index (κ3) is 1.21. The van der Waals surface area contributed by atoms with Gasteiger partial charge in [0, 0.05) is 24.7 Å². The standard InChI is InChI=1S/C9H12N4O/c1-3-8(14)13-5-9(2,6-13)7-4-10-12-11-7/h3-4H,1,5-6H2,2H3,(H,10,11,12). The molecule has 0 atom stereocenters. The SMILES string of the molecule is C=CC(=O)N1CC(C)(c2c[nH]nn2)C1. The zero-order valence-corrected chi connectivity index (χ0v) is 8.03. The number of hydrogen-bond acceptors (Lipinski definition) is 3. The molecule has 1 aromatic heterocycles. The summed E-state index contributed by atoms with van der Waals surface area (Å²) in [5.41, 5.74) is 0.858. The molecule has 0 aliphatic carbocycles. The van der Waals surface area contributed by atoms with E-state index in [-0.39, 0.29) is 11.3 Å². The van der Waals surface area contributed by atoms with Crippen molar-refractivity contribution in [3.63, 3.8) is 0 Å². The fourth-order valence-corrected chi connectivity index (χ4v) is 1.74. The van der Waals surface area contributed by atoms with Crippen molar-refractivity contribution in [1.29, 1.82) is 0 Å². The van der Waals surface area contributed by atoms with E-state index in [1.807, 2.05) is 0 Å². The highest BCUT2D eigenvalue weighted by Crippen LogP contribution is 2.32. The second-order valence-electron chi connectivity index (χ2n) is 3.82. The van der Waals surface area contributed by atoms with Gasteiger partial charge < -0.3 is 4.90 Å². The van der Waals surface area contributed by atoms with E-state index in [1.165, 1.54) is 6.08 Å². The minimum absolute atomic E-state index is 0.0223. The summed E-state index contributed by atoms with van der Waals surface area (Å²) in [6, 6.07) is 0. The van der Waals surface area contributed by atoms with Crippen LogP contribution in [0.5, 0.6) is 0 Å². The highest BCUT2D eigenvalue weighted by Gasteiger charge is 2.43. The third-order valence-electron chi connectivity index (χ3n) is 2.60. The zero-order chi connectivity index (χ0) is 10.2. The first-order chi connectivity index (χ1) is 6.65. The van der Waals surface area contributed by atoms with Gasteiger partial charge in [0.15, 0.2) is 0 Å². The average molecular weight is 192 g/mol. The van der Waals surface area contributed by atoms with Crippen LogP contribution >= 0.6 is 0 Å². The Morgan fingerprint density at radius 2 is 2.50 bits per heavy atom. The maximum absolute atomic E-state index is 11.2. The molecular formula is C9H12N4O. The maximum Gasteiger partial charge on any atom is 0.246 e. The van der Waals surface area contributed by atoms with Crippen LogP contribution in [0.4, 0.5) is 0 Å². The molecule has 5 nitrogen and oxygen atoms in total. The molecule has 74 valence electrons. The average Bonchev–Trinajstić information content (AvgIpc) is 2.64. The van der Waals surface area contributed by atoms with Gasteiger partial charge in [-0.2, -0.15) is 0 Å². The highest BCUT2D eigenvalue weighted by molar-refractivity contribution is 5.88. The second-order valence-corrected chi connectivity index (χ2v) is 3.82. The second kappa shape index (κ2) is 2.94. The molecule has 1 N–H and O–H groups in total. The van der Waals surface area contributed by atoms with Gasteiger partial charge in [-0.05, 0) is 6.08 Å². The Bertz CT molecular complexity index is 351. The van der Waals surface area contributed by atoms with Gasteiger partial charge in [-0.3, -0.25) is 9.89 Å². The maximum atomic E-state index is 11.2. The predicted molar refractivity (Wildman–Crippen MR) is 50.5 cm³/mol. The smallest absolute Gasteiger partial charge is 0.246 e. The van der Waals surface area contributed by atoms with Crippen molar-refractivity contribution >= 4 is 5.91 Å². The summed E-state index contributed by atoms with van der Waals surface area (Å²) in [6.45, 7) is 6.89. The van der Waals surface area contributed by atoms with Gasteiger partial charge >= 0.3 is 0 Å². The molecule has 1 fully saturated rings. The van der Waals surface area contributed by atoms with Crippen molar-refractivity contribution in [3.05, 3.63) is 24.5 Å². The number of aromatic amines is 1. The van der Waals surface area contributed by atoms with Crippen molar-refractivity contribution < 1.29 is 4.79 Å². The lowest BCUT2D eigenvalue weighted by molar-refractivity contribution is -0.133. The molecule has 0 radical (unpaired) electrons. The van der Waals surface area contributed by atoms with Gasteiger partial charge in [0.05, 0.1) is 5.69 Å². The van der Waals surface area contributed by atoms with E-state index in [2.05, 4.69) is 28.9 Å². The molecule has 1 aromatic rings. The van der Waals surface area contributed by atoms with E-state index in [4.69, 9.17) is 0 Å². The number of carbonyl (C=O) groups excluding carboxylic acids is 1. The number of carbonyl (C=O) groups is 1. The van der Waals surface area contributed by atoms with Gasteiger partial charge in [-0.15, -0.1) is 5.10 Å². The summed E-state index contributed by atoms with van der Waals surface area (Å²) in [4.78, 5) is 13.0. The molecular weight excluding hydrogens is 180 g/mol. The van der Waals surface area contributed by atoms with Crippen LogP contribution in [-0.2, 0) is 10.2 Å². The lowest BCUT2D eigenvalue weighted by Crippen LogP contribution is -2.59. The summed E-state index contributed by atoms with van der Waals surface area (Å²) in [5.74, 6) is -0.0223. The van der Waals surface area contributed by atoms with Crippen LogP contribution in [0.2, 0.25) is 0 Å². The van der Waals surface area contributed by atoms with Gasteiger partial charge in [-0.25, -0.2) is 0 Å². The van der Waals surface area contributed by atoms with E-state index in [1.54, 1.807) is 11.1 Å². The Labute approximate surface area is 81.8 Å². The van der Waals surface area contributed by atoms with Crippen LogP contribution in [0.15, 0.2) is 18.9 Å². The van der Waals surface area contributed by atoms with E-state index >= 15 is 0 Å². The monoisotopic (exact) mass is 192 g/mol. The quantitative estimate of drug-likeness (QED) is 0.675. The Hall–Kier alpha value is -1.65. The lowest BCUT2D eigenvalue weighted by atomic mass is 9.79. The van der Waals surface area contributed by atoms with Crippen molar-refractivity contribution in [2.24, 2.45) is 0 Å². The first kappa shape index (κ1) is 8.93. The van der Waals surface area contributed by atoms with Gasteiger partial charge in [-0.1, -0.05) is 18.7 Å². The van der Waals surface area contributed by atoms with Crippen molar-refractivity contribution in [1.82, 2.24) is 20.3 Å². The Morgan fingerprint density at radius 3 is 3.00 bits per heavy atom. The van der Waals surface area contributed by atoms with E-state index in [0.717, 1.165) is 5.69 Å². The molecule has 0 spiro atoms. The largest absolute Gasteiger partial charge is 0.337 e. The Kier molecular flexibility index (Phi) is 1.87. The van der Waals surface area contributed by atoms with Crippen LogP contribution in [0.3, 0.4) is 0 Å². The van der Waals surface area contributed by atoms with Crippen molar-refractivity contribution in [3.8, 4) is 0 Å². The van der Waals surface area contributed by atoms with Gasteiger partial charge in [0.2, 0.25) is 5.91 Å². The number of nitrogens with zero attached hydrogens (tertiary/aromatic N) is 3. The molecule has 0 unspecified atom stereocenters. The molecule has 2 rings (SSSR count). The summed E-state index contributed by atoms with van der Waals surface area (Å²) >= 11 is 0. The summed E-state index contributed by atoms with van der Waals surface area (Å²) < 4.78 is 0. The number of rotatable bonds is 2. The van der Waals surface area contributed by atoms with Crippen LogP contribution in [-0.4, -0.2) is 39.3 Å². The molecule has 14 heavy (non-hydrogen) atoms. The number of H-pyrrole nitrogens is 1. The van der Waals surface area contributed by atoms with Crippen LogP contribution < -0.4 is 0 Å². The van der Waals surface area contributed by atoms with Crippen LogP contribution in [0.25, 0.3) is 0 Å². The number of hydrogen-bond donors (Lipinski definition) is 1. The normalized spacial score (nSPS) is 18.8. The number of amides is 1. The molecule has 0 saturated carbocycles. The Morgan fingerprint density at radius 1 is 1.79 bits per heavy atom. The zero-order valence-electron chi connectivity index (χ0n) is 8.03. The Balaban J connectivity index is 2.05. The summed E-state index contributed by atoms with van der Waals surface area (Å²) in [7, 11) is 0. The van der Waals surface area contributed by atoms with E-state index in [9.17, 15) is 4.79 Å². The molecule has 1 aliphatic heterocycles. The molecule has 5 heteroatoms. The number of aromatic nitrogens is 3. The molecule has 2 heterocycles. The molecule has 1 saturated heterocycles. The van der Waals surface area contributed by atoms with Crippen molar-refractivity contribution in [2.45, 2.75) is 12.3 Å². The highest BCUT2D eigenvalue weighted by atomic mass is 16.2. The van der Waals surface area contributed by atoms with Crippen LogP contribution in [0.1, 0.15) is 12.6 Å². The fraction of sp³-hybridized carbons (Fsp3) is 0.444. The van der Waals surface area contributed by atoms with Crippen molar-refractivity contribution in [2.75, 3.05) is 13.1 Å². The molecule has 1 aliphatic rings. The summed E-state index contributed by atoms with van der Waals surface area (Å²) in [6.07, 6.45) is 3.11. The minimum atomic E-state index is -0.0499. The summed E-state index contributed by atoms with van der Waals surface area (Å²) in [5, 5.41) is 10.3. The molecule has 1 amide bonds. The van der Waals surface area contributed by atoms with Gasteiger partial charge in [0.25, 0.3) is 0 Å². The lowest BCUT2D eigenvalue weighted by Gasteiger charge is -2.46. The van der Waals surface area contributed by atoms with E-state index < -0.39 is 0 Å². The molecule has 0 bridgehead atoms. The predicted octanol–water partition coefficient (Wildman–Crippen LogP) is 0.0906. The van der Waals surface area contributed by atoms with Gasteiger partial charge in [0.1, 0.15) is 0 Å². The number of likely N-dealkylation sites (tertiary alicyclic amines) is 1. The minimum Gasteiger partial charge on any atom is -0.337 e.